The van der Waals surface area contributed by atoms with Crippen LogP contribution in [0.15, 0.2) is 29.3 Å². The Labute approximate surface area is 172 Å². The van der Waals surface area contributed by atoms with Crippen molar-refractivity contribution in [3.8, 4) is 5.75 Å². The van der Waals surface area contributed by atoms with Crippen molar-refractivity contribution in [1.29, 1.82) is 0 Å². The third kappa shape index (κ3) is 3.67. The van der Waals surface area contributed by atoms with Gasteiger partial charge in [0.25, 0.3) is 5.91 Å². The summed E-state index contributed by atoms with van der Waals surface area (Å²) in [7, 11) is -0.332. The van der Waals surface area contributed by atoms with Crippen LogP contribution in [0.3, 0.4) is 0 Å². The van der Waals surface area contributed by atoms with E-state index in [1.54, 1.807) is 37.5 Å². The first-order chi connectivity index (χ1) is 13.8. The van der Waals surface area contributed by atoms with Gasteiger partial charge >= 0.3 is 0 Å². The number of rotatable bonds is 6. The molecule has 1 aromatic carbocycles. The molecule has 0 saturated heterocycles. The number of hydrogen-bond donors (Lipinski definition) is 0. The molecule has 0 radical (unpaired) electrons. The van der Waals surface area contributed by atoms with Crippen molar-refractivity contribution >= 4 is 21.6 Å². The van der Waals surface area contributed by atoms with Gasteiger partial charge < -0.3 is 14.2 Å². The number of aryl methyl sites for hydroxylation is 2. The molecular weight excluding hydrogens is 390 g/mol. The summed E-state index contributed by atoms with van der Waals surface area (Å²) in [5.74, 6) is 0.433. The van der Waals surface area contributed by atoms with Crippen molar-refractivity contribution in [3.63, 3.8) is 0 Å². The highest BCUT2D eigenvalue weighted by molar-refractivity contribution is 7.89. The second-order valence-electron chi connectivity index (χ2n) is 7.23. The lowest BCUT2D eigenvalue weighted by Crippen LogP contribution is -2.37. The van der Waals surface area contributed by atoms with Crippen LogP contribution in [-0.2, 0) is 23.5 Å². The molecule has 1 aliphatic heterocycles. The van der Waals surface area contributed by atoms with Crippen molar-refractivity contribution in [1.82, 2.24) is 8.87 Å². The number of anilines is 1. The summed E-state index contributed by atoms with van der Waals surface area (Å²) in [4.78, 5) is 15.3. The number of sulfonamides is 1. The van der Waals surface area contributed by atoms with Crippen LogP contribution in [-0.4, -0.2) is 49.9 Å². The number of aromatic nitrogens is 1. The van der Waals surface area contributed by atoms with Crippen LogP contribution in [0, 0.1) is 6.92 Å². The molecular formula is C21H29N3O4S. The van der Waals surface area contributed by atoms with Crippen LogP contribution >= 0.6 is 0 Å². The number of benzene rings is 1. The van der Waals surface area contributed by atoms with Crippen LogP contribution in [0.4, 0.5) is 5.69 Å². The number of carbonyl (C=O) groups is 1. The van der Waals surface area contributed by atoms with Crippen LogP contribution in [0.25, 0.3) is 0 Å². The predicted molar refractivity (Wildman–Crippen MR) is 113 cm³/mol. The number of amides is 1. The summed E-state index contributed by atoms with van der Waals surface area (Å²) in [5, 5.41) is 0. The number of methoxy groups -OCH3 is 1. The Balaban J connectivity index is 2.05. The third-order valence-electron chi connectivity index (χ3n) is 5.57. The van der Waals surface area contributed by atoms with Crippen molar-refractivity contribution in [3.05, 3.63) is 41.2 Å². The van der Waals surface area contributed by atoms with E-state index in [9.17, 15) is 13.2 Å². The highest BCUT2D eigenvalue weighted by atomic mass is 32.2. The quantitative estimate of drug-likeness (QED) is 0.722. The molecule has 7 nitrogen and oxygen atoms in total. The average molecular weight is 420 g/mol. The number of carbonyl (C=O) groups excluding carboxylic acids is 1. The van der Waals surface area contributed by atoms with Gasteiger partial charge in [-0.25, -0.2) is 8.42 Å². The molecule has 158 valence electrons. The Morgan fingerprint density at radius 2 is 1.93 bits per heavy atom. The van der Waals surface area contributed by atoms with E-state index in [0.717, 1.165) is 29.7 Å². The van der Waals surface area contributed by atoms with Gasteiger partial charge in [-0.2, -0.15) is 4.31 Å². The molecule has 0 fully saturated rings. The van der Waals surface area contributed by atoms with Gasteiger partial charge in [0, 0.05) is 32.9 Å². The molecule has 0 unspecified atom stereocenters. The van der Waals surface area contributed by atoms with Gasteiger partial charge in [0.05, 0.1) is 12.8 Å². The maximum atomic E-state index is 13.5. The number of ether oxygens (including phenoxy) is 1. The Morgan fingerprint density at radius 1 is 1.24 bits per heavy atom. The summed E-state index contributed by atoms with van der Waals surface area (Å²) < 4.78 is 34.3. The lowest BCUT2D eigenvalue weighted by Gasteiger charge is -2.32. The van der Waals surface area contributed by atoms with E-state index in [2.05, 4.69) is 0 Å². The SMILES string of the molecule is CCN(CC)S(=O)(=O)c1cc(C(=O)N2CCCc3c(C)ccc(OC)c32)n(C)c1. The number of nitrogens with zero attached hydrogens (tertiary/aromatic N) is 3. The Morgan fingerprint density at radius 3 is 2.55 bits per heavy atom. The summed E-state index contributed by atoms with van der Waals surface area (Å²) >= 11 is 0. The molecule has 3 rings (SSSR count). The van der Waals surface area contributed by atoms with E-state index in [1.807, 2.05) is 19.1 Å². The van der Waals surface area contributed by atoms with Crippen LogP contribution < -0.4 is 9.64 Å². The lowest BCUT2D eigenvalue weighted by atomic mass is 9.96. The zero-order valence-electron chi connectivity index (χ0n) is 17.7. The highest BCUT2D eigenvalue weighted by Crippen LogP contribution is 2.39. The summed E-state index contributed by atoms with van der Waals surface area (Å²) in [6, 6.07) is 5.36. The Hall–Kier alpha value is -2.32. The molecule has 0 N–H and O–H groups in total. The lowest BCUT2D eigenvalue weighted by molar-refractivity contribution is 0.0976. The maximum absolute atomic E-state index is 13.5. The minimum Gasteiger partial charge on any atom is -0.495 e. The molecule has 0 atom stereocenters. The predicted octanol–water partition coefficient (Wildman–Crippen LogP) is 2.97. The largest absolute Gasteiger partial charge is 0.495 e. The highest BCUT2D eigenvalue weighted by Gasteiger charge is 2.31. The Bertz CT molecular complexity index is 1020. The first-order valence-electron chi connectivity index (χ1n) is 9.91. The summed E-state index contributed by atoms with van der Waals surface area (Å²) in [6.45, 7) is 6.96. The molecule has 0 aliphatic carbocycles. The molecule has 0 bridgehead atoms. The van der Waals surface area contributed by atoms with Gasteiger partial charge in [0.15, 0.2) is 0 Å². The molecule has 2 heterocycles. The monoisotopic (exact) mass is 419 g/mol. The zero-order valence-corrected chi connectivity index (χ0v) is 18.5. The standard InChI is InChI=1S/C21H29N3O4S/c1-6-23(7-2)29(26,27)16-13-18(22(4)14-16)21(25)24-12-8-9-17-15(3)10-11-19(28-5)20(17)24/h10-11,13-14H,6-9,12H2,1-5H3. The first-order valence-corrected chi connectivity index (χ1v) is 11.3. The molecule has 1 amide bonds. The fraction of sp³-hybridized carbons (Fsp3) is 0.476. The van der Waals surface area contributed by atoms with Crippen LogP contribution in [0.5, 0.6) is 5.75 Å². The van der Waals surface area contributed by atoms with E-state index in [-0.39, 0.29) is 10.8 Å². The van der Waals surface area contributed by atoms with E-state index in [0.29, 0.717) is 31.1 Å². The fourth-order valence-corrected chi connectivity index (χ4v) is 5.49. The van der Waals surface area contributed by atoms with Gasteiger partial charge in [0.2, 0.25) is 10.0 Å². The second-order valence-corrected chi connectivity index (χ2v) is 9.17. The molecule has 8 heteroatoms. The van der Waals surface area contributed by atoms with Crippen LogP contribution in [0.2, 0.25) is 0 Å². The second kappa shape index (κ2) is 8.20. The fourth-order valence-electron chi connectivity index (χ4n) is 3.96. The molecule has 0 saturated carbocycles. The van der Waals surface area contributed by atoms with Gasteiger partial charge in [-0.15, -0.1) is 0 Å². The molecule has 0 spiro atoms. The van der Waals surface area contributed by atoms with Crippen molar-refractivity contribution in [2.24, 2.45) is 7.05 Å². The summed E-state index contributed by atoms with van der Waals surface area (Å²) in [5.41, 5.74) is 3.36. The van der Waals surface area contributed by atoms with E-state index >= 15 is 0 Å². The normalized spacial score (nSPS) is 14.2. The first kappa shape index (κ1) is 21.4. The molecule has 2 aromatic rings. The van der Waals surface area contributed by atoms with Crippen molar-refractivity contribution < 1.29 is 17.9 Å². The Kier molecular flexibility index (Phi) is 6.05. The summed E-state index contributed by atoms with van der Waals surface area (Å²) in [6.07, 6.45) is 3.25. The smallest absolute Gasteiger partial charge is 0.275 e. The van der Waals surface area contributed by atoms with Crippen molar-refractivity contribution in [2.45, 2.75) is 38.5 Å². The molecule has 1 aromatic heterocycles. The minimum atomic E-state index is -3.63. The van der Waals surface area contributed by atoms with E-state index in [4.69, 9.17) is 4.74 Å². The zero-order chi connectivity index (χ0) is 21.3. The average Bonchev–Trinajstić information content (AvgIpc) is 3.11. The maximum Gasteiger partial charge on any atom is 0.275 e. The van der Waals surface area contributed by atoms with Gasteiger partial charge in [0.1, 0.15) is 16.3 Å². The van der Waals surface area contributed by atoms with Gasteiger partial charge in [-0.05, 0) is 43.0 Å². The number of hydrogen-bond acceptors (Lipinski definition) is 4. The minimum absolute atomic E-state index is 0.139. The topological polar surface area (TPSA) is 71.8 Å². The van der Waals surface area contributed by atoms with Gasteiger partial charge in [-0.3, -0.25) is 4.79 Å². The van der Waals surface area contributed by atoms with E-state index < -0.39 is 10.0 Å². The van der Waals surface area contributed by atoms with Crippen LogP contribution in [0.1, 0.15) is 41.9 Å². The van der Waals surface area contributed by atoms with Crippen molar-refractivity contribution in [2.75, 3.05) is 31.6 Å². The molecule has 29 heavy (non-hydrogen) atoms. The molecule has 1 aliphatic rings. The van der Waals surface area contributed by atoms with E-state index in [1.165, 1.54) is 16.6 Å². The number of fused-ring (bicyclic) bond motifs is 1. The third-order valence-corrected chi connectivity index (χ3v) is 7.58. The van der Waals surface area contributed by atoms with Gasteiger partial charge in [-0.1, -0.05) is 19.9 Å².